The maximum absolute atomic E-state index is 11.3. The Morgan fingerprint density at radius 3 is 2.81 bits per heavy atom. The minimum absolute atomic E-state index is 0.164. The van der Waals surface area contributed by atoms with Gasteiger partial charge in [0.15, 0.2) is 5.65 Å². The number of hydrogen-bond donors (Lipinski definition) is 0. The predicted octanol–water partition coefficient (Wildman–Crippen LogP) is 2.55. The van der Waals surface area contributed by atoms with E-state index >= 15 is 0 Å². The van der Waals surface area contributed by atoms with E-state index in [-0.39, 0.29) is 6.04 Å². The van der Waals surface area contributed by atoms with Crippen LogP contribution in [-0.4, -0.2) is 43.7 Å². The zero-order valence-corrected chi connectivity index (χ0v) is 14.1. The van der Waals surface area contributed by atoms with Crippen LogP contribution in [0, 0.1) is 0 Å². The molecule has 2 aromatic heterocycles. The van der Waals surface area contributed by atoms with Crippen LogP contribution in [0.1, 0.15) is 25.2 Å². The van der Waals surface area contributed by atoms with Crippen LogP contribution in [0.3, 0.4) is 0 Å². The molecule has 2 rings (SSSR count). The van der Waals surface area contributed by atoms with Gasteiger partial charge in [0.25, 0.3) is 0 Å². The lowest BCUT2D eigenvalue weighted by Gasteiger charge is -2.16. The van der Waals surface area contributed by atoms with Gasteiger partial charge in [-0.3, -0.25) is 4.21 Å². The monoisotopic (exact) mass is 329 g/mol. The molecule has 5 nitrogen and oxygen atoms in total. The zero-order chi connectivity index (χ0) is 15.4. The first kappa shape index (κ1) is 16.2. The highest BCUT2D eigenvalue weighted by Crippen LogP contribution is 2.24. The summed E-state index contributed by atoms with van der Waals surface area (Å²) in [4.78, 5) is 9.11. The van der Waals surface area contributed by atoms with Crippen molar-refractivity contribution in [1.82, 2.24) is 14.5 Å². The molecule has 0 N–H and O–H groups in total. The highest BCUT2D eigenvalue weighted by Gasteiger charge is 2.17. The summed E-state index contributed by atoms with van der Waals surface area (Å²) in [6.07, 6.45) is 3.21. The van der Waals surface area contributed by atoms with Crippen molar-refractivity contribution in [3.05, 3.63) is 18.0 Å². The molecule has 2 atom stereocenters. The van der Waals surface area contributed by atoms with E-state index in [1.54, 1.807) is 19.4 Å². The average molecular weight is 330 g/mol. The summed E-state index contributed by atoms with van der Waals surface area (Å²) in [7, 11) is 0.793. The van der Waals surface area contributed by atoms with E-state index in [1.165, 1.54) is 0 Å². The Bertz CT molecular complexity index is 644. The Kier molecular flexibility index (Phi) is 5.58. The highest BCUT2D eigenvalue weighted by molar-refractivity contribution is 7.84. The lowest BCUT2D eigenvalue weighted by Crippen LogP contribution is -2.13. The van der Waals surface area contributed by atoms with Crippen molar-refractivity contribution in [3.8, 4) is 5.88 Å². The fourth-order valence-corrected chi connectivity index (χ4v) is 3.15. The number of aromatic nitrogens is 3. The number of nitrogens with zero attached hydrogens (tertiary/aromatic N) is 3. The van der Waals surface area contributed by atoms with Crippen LogP contribution in [0.15, 0.2) is 12.1 Å². The molecule has 0 radical (unpaired) electrons. The summed E-state index contributed by atoms with van der Waals surface area (Å²) in [5.41, 5.74) is 1.63. The van der Waals surface area contributed by atoms with Gasteiger partial charge in [0.05, 0.1) is 7.11 Å². The number of methoxy groups -OCH3 is 1. The Labute approximate surface area is 132 Å². The second kappa shape index (κ2) is 7.22. The van der Waals surface area contributed by atoms with E-state index in [2.05, 4.69) is 21.5 Å². The molecule has 0 aliphatic carbocycles. The van der Waals surface area contributed by atoms with Crippen molar-refractivity contribution in [2.75, 3.05) is 25.0 Å². The van der Waals surface area contributed by atoms with Crippen molar-refractivity contribution in [2.24, 2.45) is 0 Å². The number of alkyl halides is 1. The van der Waals surface area contributed by atoms with Gasteiger partial charge in [-0.25, -0.2) is 4.98 Å². The van der Waals surface area contributed by atoms with E-state index < -0.39 is 10.8 Å². The summed E-state index contributed by atoms with van der Waals surface area (Å²) in [5, 5.41) is 0. The molecule has 0 spiro atoms. The number of ether oxygens (including phenoxy) is 1. The van der Waals surface area contributed by atoms with Gasteiger partial charge in [0.2, 0.25) is 5.88 Å². The van der Waals surface area contributed by atoms with Gasteiger partial charge in [-0.2, -0.15) is 4.98 Å². The first-order valence-corrected chi connectivity index (χ1v) is 9.10. The molecule has 0 saturated heterocycles. The van der Waals surface area contributed by atoms with Crippen molar-refractivity contribution in [2.45, 2.75) is 25.8 Å². The Hall–Kier alpha value is -1.14. The van der Waals surface area contributed by atoms with E-state index in [0.29, 0.717) is 23.9 Å². The minimum Gasteiger partial charge on any atom is -0.481 e. The normalized spacial score (nSPS) is 14.3. The van der Waals surface area contributed by atoms with Crippen LogP contribution in [0.2, 0.25) is 0 Å². The quantitative estimate of drug-likeness (QED) is 0.732. The summed E-state index contributed by atoms with van der Waals surface area (Å²) in [5.74, 6) is 2.64. The van der Waals surface area contributed by atoms with Crippen LogP contribution in [0.4, 0.5) is 0 Å². The third-order valence-electron chi connectivity index (χ3n) is 3.38. The molecule has 0 saturated carbocycles. The zero-order valence-electron chi connectivity index (χ0n) is 12.5. The molecule has 0 aromatic carbocycles. The number of fused-ring (bicyclic) bond motifs is 1. The van der Waals surface area contributed by atoms with Crippen LogP contribution < -0.4 is 4.74 Å². The molecule has 2 aromatic rings. The van der Waals surface area contributed by atoms with Gasteiger partial charge in [-0.15, -0.1) is 11.6 Å². The van der Waals surface area contributed by atoms with Gasteiger partial charge < -0.3 is 9.30 Å². The number of imidazole rings is 1. The topological polar surface area (TPSA) is 57.0 Å². The minimum atomic E-state index is -0.803. The van der Waals surface area contributed by atoms with Crippen LogP contribution in [0.25, 0.3) is 11.2 Å². The Morgan fingerprint density at radius 1 is 1.43 bits per heavy atom. The van der Waals surface area contributed by atoms with Gasteiger partial charge >= 0.3 is 0 Å². The summed E-state index contributed by atoms with van der Waals surface area (Å²) in [6.45, 7) is 2.09. The predicted molar refractivity (Wildman–Crippen MR) is 86.8 cm³/mol. The third-order valence-corrected chi connectivity index (χ3v) is 4.38. The molecule has 2 heterocycles. The van der Waals surface area contributed by atoms with E-state index in [9.17, 15) is 4.21 Å². The van der Waals surface area contributed by atoms with E-state index in [1.807, 2.05) is 6.07 Å². The van der Waals surface area contributed by atoms with E-state index in [4.69, 9.17) is 16.3 Å². The van der Waals surface area contributed by atoms with Gasteiger partial charge in [0, 0.05) is 47.2 Å². The average Bonchev–Trinajstić information content (AvgIpc) is 2.82. The lowest BCUT2D eigenvalue weighted by molar-refractivity contribution is 0.398. The van der Waals surface area contributed by atoms with Crippen molar-refractivity contribution in [1.29, 1.82) is 0 Å². The summed E-state index contributed by atoms with van der Waals surface area (Å²) in [6, 6.07) is 3.87. The molecule has 0 amide bonds. The first-order chi connectivity index (χ1) is 10.1. The van der Waals surface area contributed by atoms with Crippen LogP contribution in [-0.2, 0) is 17.2 Å². The number of rotatable bonds is 7. The van der Waals surface area contributed by atoms with Gasteiger partial charge in [0.1, 0.15) is 11.3 Å². The molecule has 21 heavy (non-hydrogen) atoms. The third kappa shape index (κ3) is 3.74. The Morgan fingerprint density at radius 2 is 2.19 bits per heavy atom. The maximum atomic E-state index is 11.3. The second-order valence-corrected chi connectivity index (χ2v) is 6.88. The highest BCUT2D eigenvalue weighted by atomic mass is 35.5. The number of hydrogen-bond acceptors (Lipinski definition) is 4. The second-order valence-electron chi connectivity index (χ2n) is 4.95. The SMILES string of the molecule is COc1ccc2nc(CCCl)n(C(C)CCS(C)=O)c2n1. The molecule has 0 aliphatic rings. The van der Waals surface area contributed by atoms with Crippen LogP contribution in [0.5, 0.6) is 5.88 Å². The fourth-order valence-electron chi connectivity index (χ4n) is 2.31. The molecule has 0 aliphatic heterocycles. The molecule has 2 unspecified atom stereocenters. The van der Waals surface area contributed by atoms with Crippen molar-refractivity contribution >= 4 is 33.6 Å². The fraction of sp³-hybridized carbons (Fsp3) is 0.571. The van der Waals surface area contributed by atoms with Gasteiger partial charge in [-0.05, 0) is 19.4 Å². The van der Waals surface area contributed by atoms with Gasteiger partial charge in [-0.1, -0.05) is 0 Å². The molecular formula is C14H20ClN3O2S. The summed E-state index contributed by atoms with van der Waals surface area (Å²) >= 11 is 5.88. The first-order valence-electron chi connectivity index (χ1n) is 6.84. The maximum Gasteiger partial charge on any atom is 0.215 e. The molecule has 116 valence electrons. The number of pyridine rings is 1. The number of aryl methyl sites for hydroxylation is 1. The molecular weight excluding hydrogens is 310 g/mol. The van der Waals surface area contributed by atoms with Crippen molar-refractivity contribution in [3.63, 3.8) is 0 Å². The number of halogens is 1. The molecule has 0 fully saturated rings. The largest absolute Gasteiger partial charge is 0.481 e. The Balaban J connectivity index is 2.45. The molecule has 7 heteroatoms. The molecule has 0 bridgehead atoms. The smallest absolute Gasteiger partial charge is 0.215 e. The summed E-state index contributed by atoms with van der Waals surface area (Å²) < 4.78 is 18.6. The lowest BCUT2D eigenvalue weighted by atomic mass is 10.2. The van der Waals surface area contributed by atoms with Crippen LogP contribution >= 0.6 is 11.6 Å². The van der Waals surface area contributed by atoms with E-state index in [0.717, 1.165) is 23.4 Å². The van der Waals surface area contributed by atoms with Crippen molar-refractivity contribution < 1.29 is 8.95 Å². The standard InChI is InChI=1S/C14H20ClN3O2S/c1-10(7-9-21(3)19)18-12(6-8-15)16-11-4-5-13(20-2)17-14(11)18/h4-5,10H,6-9H2,1-3H3.